The van der Waals surface area contributed by atoms with Crippen LogP contribution in [0.5, 0.6) is 0 Å². The molecule has 0 radical (unpaired) electrons. The third-order valence-electron chi connectivity index (χ3n) is 3.13. The minimum absolute atomic E-state index is 0.357. The fraction of sp³-hybridized carbons (Fsp3) is 0.333. The Kier molecular flexibility index (Phi) is 4.39. The van der Waals surface area contributed by atoms with Crippen LogP contribution in [0.15, 0.2) is 35.7 Å². The Bertz CT molecular complexity index is 493. The molecule has 2 N–H and O–H groups in total. The molecular formula is C15H19NOS. The summed E-state index contributed by atoms with van der Waals surface area (Å²) in [5.74, 6) is 0. The van der Waals surface area contributed by atoms with Crippen molar-refractivity contribution in [1.82, 2.24) is 0 Å². The summed E-state index contributed by atoms with van der Waals surface area (Å²) >= 11 is 1.60. The number of hydrogen-bond acceptors (Lipinski definition) is 3. The highest BCUT2D eigenvalue weighted by Crippen LogP contribution is 2.22. The average Bonchev–Trinajstić information content (AvgIpc) is 2.87. The van der Waals surface area contributed by atoms with Crippen molar-refractivity contribution in [2.45, 2.75) is 26.4 Å². The van der Waals surface area contributed by atoms with E-state index in [1.807, 2.05) is 17.5 Å². The van der Waals surface area contributed by atoms with Crippen molar-refractivity contribution in [2.24, 2.45) is 0 Å². The highest BCUT2D eigenvalue weighted by Gasteiger charge is 2.07. The molecule has 0 spiro atoms. The summed E-state index contributed by atoms with van der Waals surface area (Å²) in [5, 5.41) is 15.3. The lowest BCUT2D eigenvalue weighted by Gasteiger charge is -2.11. The first-order valence-electron chi connectivity index (χ1n) is 6.19. The number of benzene rings is 1. The maximum Gasteiger partial charge on any atom is 0.0898 e. The molecular weight excluding hydrogens is 242 g/mol. The van der Waals surface area contributed by atoms with E-state index in [-0.39, 0.29) is 6.10 Å². The molecule has 0 aliphatic heterocycles. The molecule has 2 nitrogen and oxygen atoms in total. The Morgan fingerprint density at radius 1 is 1.22 bits per heavy atom. The average molecular weight is 261 g/mol. The van der Waals surface area contributed by atoms with Gasteiger partial charge in [0.2, 0.25) is 0 Å². The largest absolute Gasteiger partial charge is 0.388 e. The topological polar surface area (TPSA) is 32.3 Å². The van der Waals surface area contributed by atoms with Gasteiger partial charge in [-0.15, -0.1) is 11.3 Å². The van der Waals surface area contributed by atoms with Crippen molar-refractivity contribution in [2.75, 3.05) is 11.9 Å². The molecule has 0 aliphatic carbocycles. The van der Waals surface area contributed by atoms with E-state index in [0.29, 0.717) is 0 Å². The van der Waals surface area contributed by atoms with Crippen LogP contribution in [0.3, 0.4) is 0 Å². The molecule has 0 saturated heterocycles. The van der Waals surface area contributed by atoms with Gasteiger partial charge < -0.3 is 10.4 Å². The SMILES string of the molecule is Cc1ccc(NCCC(O)c2cccs2)cc1C. The molecule has 96 valence electrons. The zero-order valence-corrected chi connectivity index (χ0v) is 11.6. The molecule has 1 aromatic carbocycles. The zero-order chi connectivity index (χ0) is 13.0. The molecule has 2 aromatic rings. The Morgan fingerprint density at radius 2 is 2.06 bits per heavy atom. The molecule has 1 aromatic heterocycles. The maximum absolute atomic E-state index is 9.96. The molecule has 0 bridgehead atoms. The van der Waals surface area contributed by atoms with E-state index < -0.39 is 0 Å². The summed E-state index contributed by atoms with van der Waals surface area (Å²) in [4.78, 5) is 1.04. The van der Waals surface area contributed by atoms with Crippen LogP contribution < -0.4 is 5.32 Å². The van der Waals surface area contributed by atoms with E-state index in [2.05, 4.69) is 37.4 Å². The van der Waals surface area contributed by atoms with Crippen LogP contribution in [0.25, 0.3) is 0 Å². The Morgan fingerprint density at radius 3 is 2.72 bits per heavy atom. The predicted octanol–water partition coefficient (Wildman–Crippen LogP) is 3.90. The Hall–Kier alpha value is -1.32. The molecule has 1 heterocycles. The van der Waals surface area contributed by atoms with Crippen LogP contribution in [0.4, 0.5) is 5.69 Å². The lowest BCUT2D eigenvalue weighted by molar-refractivity contribution is 0.175. The summed E-state index contributed by atoms with van der Waals surface area (Å²) in [7, 11) is 0. The molecule has 0 saturated carbocycles. The molecule has 0 aliphatic rings. The summed E-state index contributed by atoms with van der Waals surface area (Å²) < 4.78 is 0. The van der Waals surface area contributed by atoms with Crippen LogP contribution in [-0.4, -0.2) is 11.7 Å². The number of nitrogens with one attached hydrogen (secondary N) is 1. The zero-order valence-electron chi connectivity index (χ0n) is 10.8. The van der Waals surface area contributed by atoms with Gasteiger partial charge in [-0.1, -0.05) is 12.1 Å². The first kappa shape index (κ1) is 13.1. The lowest BCUT2D eigenvalue weighted by atomic mass is 10.1. The van der Waals surface area contributed by atoms with Crippen LogP contribution in [0.2, 0.25) is 0 Å². The highest BCUT2D eigenvalue weighted by atomic mass is 32.1. The van der Waals surface area contributed by atoms with Gasteiger partial charge in [-0.3, -0.25) is 0 Å². The van der Waals surface area contributed by atoms with E-state index >= 15 is 0 Å². The number of hydrogen-bond donors (Lipinski definition) is 2. The number of aliphatic hydroxyl groups excluding tert-OH is 1. The number of rotatable bonds is 5. The third-order valence-corrected chi connectivity index (χ3v) is 4.10. The van der Waals surface area contributed by atoms with Gasteiger partial charge in [0, 0.05) is 17.1 Å². The van der Waals surface area contributed by atoms with Crippen molar-refractivity contribution < 1.29 is 5.11 Å². The fourth-order valence-corrected chi connectivity index (χ4v) is 2.57. The molecule has 1 atom stereocenters. The third kappa shape index (κ3) is 3.34. The standard InChI is InChI=1S/C15H19NOS/c1-11-5-6-13(10-12(11)2)16-8-7-14(17)15-4-3-9-18-15/h3-6,9-10,14,16-17H,7-8H2,1-2H3. The van der Waals surface area contributed by atoms with E-state index in [4.69, 9.17) is 0 Å². The van der Waals surface area contributed by atoms with Gasteiger partial charge in [0.15, 0.2) is 0 Å². The number of thiophene rings is 1. The minimum atomic E-state index is -0.357. The van der Waals surface area contributed by atoms with E-state index in [1.165, 1.54) is 11.1 Å². The van der Waals surface area contributed by atoms with Gasteiger partial charge in [0.25, 0.3) is 0 Å². The van der Waals surface area contributed by atoms with Crippen molar-refractivity contribution in [3.63, 3.8) is 0 Å². The molecule has 1 unspecified atom stereocenters. The lowest BCUT2D eigenvalue weighted by Crippen LogP contribution is -2.06. The quantitative estimate of drug-likeness (QED) is 0.855. The summed E-state index contributed by atoms with van der Waals surface area (Å²) in [6.07, 6.45) is 0.372. The second-order valence-electron chi connectivity index (χ2n) is 4.55. The number of anilines is 1. The summed E-state index contributed by atoms with van der Waals surface area (Å²) in [6, 6.07) is 10.3. The van der Waals surface area contributed by atoms with Crippen LogP contribution >= 0.6 is 11.3 Å². The normalized spacial score (nSPS) is 12.4. The van der Waals surface area contributed by atoms with Crippen LogP contribution in [0.1, 0.15) is 28.5 Å². The smallest absolute Gasteiger partial charge is 0.0898 e. The van der Waals surface area contributed by atoms with Gasteiger partial charge in [-0.25, -0.2) is 0 Å². The van der Waals surface area contributed by atoms with E-state index in [9.17, 15) is 5.11 Å². The van der Waals surface area contributed by atoms with Gasteiger partial charge in [0.1, 0.15) is 0 Å². The number of aliphatic hydroxyl groups is 1. The minimum Gasteiger partial charge on any atom is -0.388 e. The predicted molar refractivity (Wildman–Crippen MR) is 78.3 cm³/mol. The van der Waals surface area contributed by atoms with Gasteiger partial charge in [-0.05, 0) is 55.0 Å². The molecule has 2 rings (SSSR count). The van der Waals surface area contributed by atoms with Crippen molar-refractivity contribution >= 4 is 17.0 Å². The molecule has 0 fully saturated rings. The second-order valence-corrected chi connectivity index (χ2v) is 5.52. The molecule has 0 amide bonds. The molecule has 18 heavy (non-hydrogen) atoms. The summed E-state index contributed by atoms with van der Waals surface area (Å²) in [6.45, 7) is 5.00. The fourth-order valence-electron chi connectivity index (χ4n) is 1.83. The second kappa shape index (κ2) is 6.03. The van der Waals surface area contributed by atoms with Crippen LogP contribution in [0, 0.1) is 13.8 Å². The van der Waals surface area contributed by atoms with Gasteiger partial charge in [-0.2, -0.15) is 0 Å². The van der Waals surface area contributed by atoms with Crippen LogP contribution in [-0.2, 0) is 0 Å². The van der Waals surface area contributed by atoms with E-state index in [0.717, 1.165) is 23.5 Å². The molecule has 3 heteroatoms. The Labute approximate surface area is 112 Å². The Balaban J connectivity index is 1.83. The van der Waals surface area contributed by atoms with Crippen molar-refractivity contribution in [3.8, 4) is 0 Å². The van der Waals surface area contributed by atoms with Gasteiger partial charge >= 0.3 is 0 Å². The first-order chi connectivity index (χ1) is 8.66. The number of aryl methyl sites for hydroxylation is 2. The van der Waals surface area contributed by atoms with Crippen molar-refractivity contribution in [1.29, 1.82) is 0 Å². The van der Waals surface area contributed by atoms with Gasteiger partial charge in [0.05, 0.1) is 6.10 Å². The van der Waals surface area contributed by atoms with E-state index in [1.54, 1.807) is 11.3 Å². The first-order valence-corrected chi connectivity index (χ1v) is 7.07. The summed E-state index contributed by atoms with van der Waals surface area (Å²) in [5.41, 5.74) is 3.72. The maximum atomic E-state index is 9.96. The highest BCUT2D eigenvalue weighted by molar-refractivity contribution is 7.10. The monoisotopic (exact) mass is 261 g/mol. The van der Waals surface area contributed by atoms with Crippen molar-refractivity contribution in [3.05, 3.63) is 51.7 Å².